The summed E-state index contributed by atoms with van der Waals surface area (Å²) in [5.74, 6) is -5.61. The van der Waals surface area contributed by atoms with Gasteiger partial charge in [-0.3, -0.25) is 14.4 Å². The summed E-state index contributed by atoms with van der Waals surface area (Å²) in [7, 11) is 5.80. The van der Waals surface area contributed by atoms with Gasteiger partial charge in [0.1, 0.15) is 5.92 Å². The van der Waals surface area contributed by atoms with Crippen molar-refractivity contribution in [3.8, 4) is 0 Å². The Balaban J connectivity index is 5.53. The van der Waals surface area contributed by atoms with E-state index in [0.717, 1.165) is 21.3 Å². The van der Waals surface area contributed by atoms with Crippen molar-refractivity contribution >= 4 is 17.9 Å². The first-order chi connectivity index (χ1) is 8.98. The van der Waals surface area contributed by atoms with Crippen LogP contribution in [0, 0.1) is 11.8 Å². The molecule has 0 aromatic carbocycles. The highest BCUT2D eigenvalue weighted by atomic mass is 16.7. The zero-order valence-corrected chi connectivity index (χ0v) is 11.5. The van der Waals surface area contributed by atoms with E-state index in [1.54, 1.807) is 0 Å². The van der Waals surface area contributed by atoms with Crippen LogP contribution < -0.4 is 0 Å². The Morgan fingerprint density at radius 1 is 0.684 bits per heavy atom. The standard InChI is InChI=1S/C11H18O8/c1-15-8(12)6(9(13)16-2)7(10(14)17-3)11(18-4)19-5/h6-7,11H,1-5H3. The fourth-order valence-electron chi connectivity index (χ4n) is 1.57. The number of hydrogen-bond acceptors (Lipinski definition) is 8. The Morgan fingerprint density at radius 3 is 1.32 bits per heavy atom. The smallest absolute Gasteiger partial charge is 0.321 e. The fraction of sp³-hybridized carbons (Fsp3) is 0.727. The molecule has 0 aromatic heterocycles. The molecule has 8 nitrogen and oxygen atoms in total. The van der Waals surface area contributed by atoms with Crippen LogP contribution in [0.5, 0.6) is 0 Å². The van der Waals surface area contributed by atoms with Crippen molar-refractivity contribution < 1.29 is 38.1 Å². The molecule has 0 aromatic rings. The molecule has 0 saturated carbocycles. The normalized spacial score (nSPS) is 12.2. The summed E-state index contributed by atoms with van der Waals surface area (Å²) in [6.07, 6.45) is -1.16. The first-order valence-corrected chi connectivity index (χ1v) is 5.27. The highest BCUT2D eigenvalue weighted by Crippen LogP contribution is 2.23. The molecule has 8 heteroatoms. The van der Waals surface area contributed by atoms with Crippen molar-refractivity contribution in [2.75, 3.05) is 35.5 Å². The summed E-state index contributed by atoms with van der Waals surface area (Å²) in [6, 6.07) is 0. The highest BCUT2D eigenvalue weighted by molar-refractivity contribution is 5.99. The first kappa shape index (κ1) is 17.3. The van der Waals surface area contributed by atoms with Crippen LogP contribution in [0.2, 0.25) is 0 Å². The van der Waals surface area contributed by atoms with Gasteiger partial charge in [-0.15, -0.1) is 0 Å². The maximum atomic E-state index is 11.8. The van der Waals surface area contributed by atoms with Crippen molar-refractivity contribution in [3.63, 3.8) is 0 Å². The van der Waals surface area contributed by atoms with Crippen LogP contribution in [0.25, 0.3) is 0 Å². The molecule has 0 aliphatic carbocycles. The lowest BCUT2D eigenvalue weighted by atomic mass is 9.91. The molecule has 0 rings (SSSR count). The third kappa shape index (κ3) is 4.18. The van der Waals surface area contributed by atoms with Crippen molar-refractivity contribution in [3.05, 3.63) is 0 Å². The Morgan fingerprint density at radius 2 is 1.05 bits per heavy atom. The lowest BCUT2D eigenvalue weighted by Crippen LogP contribution is -2.45. The zero-order valence-electron chi connectivity index (χ0n) is 11.5. The van der Waals surface area contributed by atoms with Crippen LogP contribution in [0.15, 0.2) is 0 Å². The van der Waals surface area contributed by atoms with Gasteiger partial charge in [0.2, 0.25) is 0 Å². The van der Waals surface area contributed by atoms with E-state index in [2.05, 4.69) is 14.2 Å². The minimum absolute atomic E-state index is 0.852. The Kier molecular flexibility index (Phi) is 7.69. The van der Waals surface area contributed by atoms with Gasteiger partial charge in [-0.05, 0) is 0 Å². The predicted molar refractivity (Wildman–Crippen MR) is 60.8 cm³/mol. The number of carbonyl (C=O) groups excluding carboxylic acids is 3. The lowest BCUT2D eigenvalue weighted by molar-refractivity contribution is -0.194. The predicted octanol–water partition coefficient (Wildman–Crippen LogP) is -0.643. The second kappa shape index (κ2) is 8.44. The first-order valence-electron chi connectivity index (χ1n) is 5.27. The molecule has 19 heavy (non-hydrogen) atoms. The maximum absolute atomic E-state index is 11.8. The van der Waals surface area contributed by atoms with E-state index in [4.69, 9.17) is 9.47 Å². The van der Waals surface area contributed by atoms with Crippen LogP contribution in [-0.2, 0) is 38.1 Å². The summed E-state index contributed by atoms with van der Waals surface area (Å²) in [5.41, 5.74) is 0. The summed E-state index contributed by atoms with van der Waals surface area (Å²) < 4.78 is 23.4. The Labute approximate surface area is 110 Å². The zero-order chi connectivity index (χ0) is 15.0. The van der Waals surface area contributed by atoms with Crippen molar-refractivity contribution in [1.82, 2.24) is 0 Å². The summed E-state index contributed by atoms with van der Waals surface area (Å²) in [6.45, 7) is 0. The molecule has 110 valence electrons. The molecule has 0 amide bonds. The Hall–Kier alpha value is -1.67. The van der Waals surface area contributed by atoms with Crippen LogP contribution in [-0.4, -0.2) is 59.7 Å². The molecule has 0 bridgehead atoms. The second-order valence-electron chi connectivity index (χ2n) is 3.41. The molecule has 0 fully saturated rings. The van der Waals surface area contributed by atoms with Gasteiger partial charge in [0.25, 0.3) is 0 Å². The number of esters is 3. The number of methoxy groups -OCH3 is 5. The van der Waals surface area contributed by atoms with Crippen molar-refractivity contribution in [2.45, 2.75) is 6.29 Å². The molecule has 0 spiro atoms. The molecule has 0 heterocycles. The molecule has 0 saturated heterocycles. The molecule has 1 unspecified atom stereocenters. The van der Waals surface area contributed by atoms with Gasteiger partial charge in [-0.25, -0.2) is 0 Å². The third-order valence-corrected chi connectivity index (χ3v) is 2.50. The van der Waals surface area contributed by atoms with Gasteiger partial charge in [-0.1, -0.05) is 0 Å². The molecule has 0 aliphatic rings. The van der Waals surface area contributed by atoms with E-state index >= 15 is 0 Å². The third-order valence-electron chi connectivity index (χ3n) is 2.50. The number of carbonyl (C=O) groups is 3. The van der Waals surface area contributed by atoms with Crippen LogP contribution in [0.4, 0.5) is 0 Å². The average molecular weight is 278 g/mol. The number of hydrogen-bond donors (Lipinski definition) is 0. The number of ether oxygens (including phenoxy) is 5. The van der Waals surface area contributed by atoms with Crippen LogP contribution in [0.3, 0.4) is 0 Å². The SMILES string of the molecule is COC(=O)C(C(=O)OC)C(C(=O)OC)C(OC)OC. The summed E-state index contributed by atoms with van der Waals surface area (Å²) in [4.78, 5) is 35.1. The number of rotatable bonds is 7. The fourth-order valence-corrected chi connectivity index (χ4v) is 1.57. The van der Waals surface area contributed by atoms with E-state index in [1.807, 2.05) is 0 Å². The van der Waals surface area contributed by atoms with E-state index < -0.39 is 36.0 Å². The maximum Gasteiger partial charge on any atom is 0.321 e. The summed E-state index contributed by atoms with van der Waals surface area (Å²) >= 11 is 0. The topological polar surface area (TPSA) is 97.4 Å². The molecule has 0 aliphatic heterocycles. The van der Waals surface area contributed by atoms with Gasteiger partial charge >= 0.3 is 17.9 Å². The molecular weight excluding hydrogens is 260 g/mol. The van der Waals surface area contributed by atoms with Gasteiger partial charge in [0.05, 0.1) is 21.3 Å². The van der Waals surface area contributed by atoms with E-state index in [1.165, 1.54) is 14.2 Å². The van der Waals surface area contributed by atoms with Crippen molar-refractivity contribution in [1.29, 1.82) is 0 Å². The molecule has 1 atom stereocenters. The molecule has 0 radical (unpaired) electrons. The average Bonchev–Trinajstić information content (AvgIpc) is 2.45. The quantitative estimate of drug-likeness (QED) is 0.262. The summed E-state index contributed by atoms with van der Waals surface area (Å²) in [5, 5.41) is 0. The van der Waals surface area contributed by atoms with Gasteiger partial charge in [0.15, 0.2) is 12.2 Å². The molecule has 0 N–H and O–H groups in total. The monoisotopic (exact) mass is 278 g/mol. The van der Waals surface area contributed by atoms with Gasteiger partial charge in [-0.2, -0.15) is 0 Å². The second-order valence-corrected chi connectivity index (χ2v) is 3.41. The molecular formula is C11H18O8. The van der Waals surface area contributed by atoms with E-state index in [0.29, 0.717) is 0 Å². The minimum atomic E-state index is -1.53. The van der Waals surface area contributed by atoms with Crippen LogP contribution >= 0.6 is 0 Å². The highest BCUT2D eigenvalue weighted by Gasteiger charge is 2.47. The van der Waals surface area contributed by atoms with Gasteiger partial charge in [0, 0.05) is 14.2 Å². The van der Waals surface area contributed by atoms with E-state index in [-0.39, 0.29) is 0 Å². The minimum Gasteiger partial charge on any atom is -0.469 e. The van der Waals surface area contributed by atoms with Crippen molar-refractivity contribution in [2.24, 2.45) is 11.8 Å². The van der Waals surface area contributed by atoms with E-state index in [9.17, 15) is 14.4 Å². The van der Waals surface area contributed by atoms with Gasteiger partial charge < -0.3 is 23.7 Å². The largest absolute Gasteiger partial charge is 0.469 e. The lowest BCUT2D eigenvalue weighted by Gasteiger charge is -2.26. The Bertz CT molecular complexity index is 307. The van der Waals surface area contributed by atoms with Crippen LogP contribution in [0.1, 0.15) is 0 Å².